The third kappa shape index (κ3) is 5.87. The van der Waals surface area contributed by atoms with Gasteiger partial charge in [-0.1, -0.05) is 0 Å². The van der Waals surface area contributed by atoms with Crippen LogP contribution in [0.4, 0.5) is 5.69 Å². The first-order valence-corrected chi connectivity index (χ1v) is 4.93. The molecule has 17 heavy (non-hydrogen) atoms. The quantitative estimate of drug-likeness (QED) is 0.514. The van der Waals surface area contributed by atoms with Crippen LogP contribution in [0.3, 0.4) is 0 Å². The Morgan fingerprint density at radius 1 is 1.29 bits per heavy atom. The Labute approximate surface area is 106 Å². The summed E-state index contributed by atoms with van der Waals surface area (Å²) < 4.78 is 0. The van der Waals surface area contributed by atoms with Crippen molar-refractivity contribution in [3.8, 4) is 0 Å². The summed E-state index contributed by atoms with van der Waals surface area (Å²) in [6.07, 6.45) is 1.63. The summed E-state index contributed by atoms with van der Waals surface area (Å²) in [6.45, 7) is 6.00. The second-order valence-electron chi connectivity index (χ2n) is 4.47. The van der Waals surface area contributed by atoms with Gasteiger partial charge in [-0.05, 0) is 38.5 Å². The van der Waals surface area contributed by atoms with E-state index >= 15 is 0 Å². The van der Waals surface area contributed by atoms with Gasteiger partial charge in [0.1, 0.15) is 0 Å². The van der Waals surface area contributed by atoms with Crippen molar-refractivity contribution in [1.82, 2.24) is 5.43 Å². The van der Waals surface area contributed by atoms with E-state index in [0.29, 0.717) is 0 Å². The number of nitro groups is 1. The number of nitrogens with one attached hydrogen (secondary N) is 1. The highest BCUT2D eigenvalue weighted by Gasteiger charge is 2.06. The van der Waals surface area contributed by atoms with Gasteiger partial charge >= 0.3 is 0 Å². The van der Waals surface area contributed by atoms with Gasteiger partial charge in [0.2, 0.25) is 0 Å². The molecule has 0 aliphatic carbocycles. The number of nitro benzene ring substituents is 1. The fourth-order valence-corrected chi connectivity index (χ4v) is 0.983. The number of non-ortho nitro benzene ring substituents is 1. The van der Waals surface area contributed by atoms with E-state index in [2.05, 4.69) is 10.5 Å². The molecule has 0 saturated heterocycles. The van der Waals surface area contributed by atoms with Crippen LogP contribution in [0.1, 0.15) is 26.3 Å². The molecule has 0 saturated carbocycles. The maximum atomic E-state index is 10.4. The van der Waals surface area contributed by atoms with Crippen molar-refractivity contribution in [2.75, 3.05) is 0 Å². The number of hydrogen-bond donors (Lipinski definition) is 1. The van der Waals surface area contributed by atoms with E-state index < -0.39 is 4.92 Å². The van der Waals surface area contributed by atoms with E-state index in [-0.39, 0.29) is 23.6 Å². The van der Waals surface area contributed by atoms with Gasteiger partial charge in [0.15, 0.2) is 0 Å². The summed E-state index contributed by atoms with van der Waals surface area (Å²) in [7, 11) is 0. The molecule has 1 aromatic carbocycles. The maximum Gasteiger partial charge on any atom is 0.269 e. The summed E-state index contributed by atoms with van der Waals surface area (Å²) in [5.74, 6) is 0. The molecule has 0 atom stereocenters. The molecular formula is C11H16ClN3O2. The molecule has 0 aliphatic heterocycles. The topological polar surface area (TPSA) is 67.5 Å². The second kappa shape index (κ2) is 6.20. The molecule has 1 N–H and O–H groups in total. The van der Waals surface area contributed by atoms with Gasteiger partial charge in [0, 0.05) is 17.7 Å². The first kappa shape index (κ1) is 15.4. The second-order valence-corrected chi connectivity index (χ2v) is 4.47. The highest BCUT2D eigenvalue weighted by molar-refractivity contribution is 5.85. The van der Waals surface area contributed by atoms with Crippen molar-refractivity contribution in [3.05, 3.63) is 39.9 Å². The predicted octanol–water partition coefficient (Wildman–Crippen LogP) is 2.74. The number of nitrogens with zero attached hydrogens (tertiary/aromatic N) is 2. The highest BCUT2D eigenvalue weighted by atomic mass is 35.5. The minimum atomic E-state index is -0.422. The monoisotopic (exact) mass is 257 g/mol. The molecule has 0 aliphatic rings. The Hall–Kier alpha value is -1.62. The molecule has 0 unspecified atom stereocenters. The Morgan fingerprint density at radius 2 is 1.82 bits per heavy atom. The molecule has 0 fully saturated rings. The van der Waals surface area contributed by atoms with Crippen molar-refractivity contribution in [3.63, 3.8) is 0 Å². The predicted molar refractivity (Wildman–Crippen MR) is 70.8 cm³/mol. The summed E-state index contributed by atoms with van der Waals surface area (Å²) in [5, 5.41) is 14.5. The van der Waals surface area contributed by atoms with Gasteiger partial charge in [-0.3, -0.25) is 10.1 Å². The molecule has 94 valence electrons. The number of hydrogen-bond acceptors (Lipinski definition) is 4. The third-order valence-corrected chi connectivity index (χ3v) is 1.72. The lowest BCUT2D eigenvalue weighted by Crippen LogP contribution is -2.31. The molecular weight excluding hydrogens is 242 g/mol. The van der Waals surface area contributed by atoms with Crippen molar-refractivity contribution in [1.29, 1.82) is 0 Å². The highest BCUT2D eigenvalue weighted by Crippen LogP contribution is 2.10. The lowest BCUT2D eigenvalue weighted by Gasteiger charge is -2.16. The van der Waals surface area contributed by atoms with Crippen LogP contribution in [0, 0.1) is 10.1 Å². The molecule has 0 spiro atoms. The van der Waals surface area contributed by atoms with Crippen LogP contribution in [0.15, 0.2) is 29.4 Å². The van der Waals surface area contributed by atoms with Gasteiger partial charge in [0.05, 0.1) is 11.1 Å². The van der Waals surface area contributed by atoms with Gasteiger partial charge < -0.3 is 5.43 Å². The summed E-state index contributed by atoms with van der Waals surface area (Å²) >= 11 is 0. The lowest BCUT2D eigenvalue weighted by atomic mass is 10.1. The molecule has 6 heteroatoms. The first-order valence-electron chi connectivity index (χ1n) is 4.93. The zero-order valence-corrected chi connectivity index (χ0v) is 10.8. The minimum Gasteiger partial charge on any atom is -0.305 e. The Morgan fingerprint density at radius 3 is 2.24 bits per heavy atom. The third-order valence-electron chi connectivity index (χ3n) is 1.72. The van der Waals surface area contributed by atoms with Crippen molar-refractivity contribution in [2.45, 2.75) is 26.3 Å². The van der Waals surface area contributed by atoms with Gasteiger partial charge in [0.25, 0.3) is 5.69 Å². The number of halogens is 1. The standard InChI is InChI=1S/C11H15N3O2.ClH/c1-11(2,3)13-12-8-9-4-6-10(7-5-9)14(15)16;/h4-8,13H,1-3H3;1H. The molecule has 0 heterocycles. The zero-order valence-electron chi connectivity index (χ0n) is 10.0. The Bertz CT molecular complexity index is 396. The molecule has 0 bridgehead atoms. The summed E-state index contributed by atoms with van der Waals surface area (Å²) in [6, 6.07) is 6.23. The fourth-order valence-electron chi connectivity index (χ4n) is 0.983. The Kier molecular flexibility index (Phi) is 5.61. The molecule has 1 aromatic rings. The molecule has 0 amide bonds. The fraction of sp³-hybridized carbons (Fsp3) is 0.364. The zero-order chi connectivity index (χ0) is 12.2. The summed E-state index contributed by atoms with van der Waals surface area (Å²) in [4.78, 5) is 10.00. The van der Waals surface area contributed by atoms with Crippen molar-refractivity contribution < 1.29 is 4.92 Å². The van der Waals surface area contributed by atoms with Crippen molar-refractivity contribution in [2.24, 2.45) is 5.10 Å². The minimum absolute atomic E-state index is 0. The van der Waals surface area contributed by atoms with Gasteiger partial charge in [-0.2, -0.15) is 5.10 Å². The van der Waals surface area contributed by atoms with E-state index in [1.165, 1.54) is 12.1 Å². The summed E-state index contributed by atoms with van der Waals surface area (Å²) in [5.41, 5.74) is 3.76. The molecule has 5 nitrogen and oxygen atoms in total. The van der Waals surface area contributed by atoms with Gasteiger partial charge in [-0.25, -0.2) is 0 Å². The van der Waals surface area contributed by atoms with E-state index in [1.54, 1.807) is 18.3 Å². The van der Waals surface area contributed by atoms with Crippen LogP contribution in [0.25, 0.3) is 0 Å². The number of rotatable bonds is 3. The van der Waals surface area contributed by atoms with Crippen LogP contribution in [0.5, 0.6) is 0 Å². The van der Waals surface area contributed by atoms with E-state index in [0.717, 1.165) is 5.56 Å². The molecule has 1 rings (SSSR count). The smallest absolute Gasteiger partial charge is 0.269 e. The van der Waals surface area contributed by atoms with E-state index in [4.69, 9.17) is 0 Å². The maximum absolute atomic E-state index is 10.4. The van der Waals surface area contributed by atoms with E-state index in [1.807, 2.05) is 20.8 Å². The first-order chi connectivity index (χ1) is 7.38. The molecule has 0 radical (unpaired) electrons. The normalized spacial score (nSPS) is 11.0. The van der Waals surface area contributed by atoms with E-state index in [9.17, 15) is 10.1 Å². The largest absolute Gasteiger partial charge is 0.305 e. The van der Waals surface area contributed by atoms with Crippen LogP contribution in [-0.4, -0.2) is 16.7 Å². The Balaban J connectivity index is 0.00000256. The number of benzene rings is 1. The molecule has 0 aromatic heterocycles. The lowest BCUT2D eigenvalue weighted by molar-refractivity contribution is -0.384. The van der Waals surface area contributed by atoms with Crippen molar-refractivity contribution >= 4 is 24.3 Å². The average Bonchev–Trinajstić information content (AvgIpc) is 2.16. The SMILES string of the molecule is CC(C)(C)NN=Cc1ccc([N+](=O)[O-])cc1.Cl. The number of hydrazone groups is 1. The average molecular weight is 258 g/mol. The van der Waals surface area contributed by atoms with Crippen LogP contribution in [-0.2, 0) is 0 Å². The van der Waals surface area contributed by atoms with Crippen LogP contribution < -0.4 is 5.43 Å². The van der Waals surface area contributed by atoms with Gasteiger partial charge in [-0.15, -0.1) is 12.4 Å². The van der Waals surface area contributed by atoms with Crippen LogP contribution >= 0.6 is 12.4 Å². The van der Waals surface area contributed by atoms with Crippen LogP contribution in [0.2, 0.25) is 0 Å².